The molecule has 1 aromatic carbocycles. The van der Waals surface area contributed by atoms with Gasteiger partial charge in [0.2, 0.25) is 0 Å². The van der Waals surface area contributed by atoms with Crippen molar-refractivity contribution in [1.29, 1.82) is 0 Å². The average Bonchev–Trinajstić information content (AvgIpc) is 2.64. The van der Waals surface area contributed by atoms with E-state index in [4.69, 9.17) is 15.2 Å². The van der Waals surface area contributed by atoms with Gasteiger partial charge in [-0.25, -0.2) is 0 Å². The average molecular weight is 345 g/mol. The van der Waals surface area contributed by atoms with Crippen LogP contribution in [0.2, 0.25) is 0 Å². The second-order valence-corrected chi connectivity index (χ2v) is 6.92. The molecular formula is C20H31N3O2. The Balaban J connectivity index is 2.25. The highest BCUT2D eigenvalue weighted by Gasteiger charge is 2.34. The molecule has 1 saturated carbocycles. The van der Waals surface area contributed by atoms with Crippen LogP contribution in [0.3, 0.4) is 0 Å². The zero-order valence-electron chi connectivity index (χ0n) is 15.7. The van der Waals surface area contributed by atoms with Crippen LogP contribution in [0, 0.1) is 0 Å². The summed E-state index contributed by atoms with van der Waals surface area (Å²) in [5.74, 6) is 2.00. The molecule has 0 atom stereocenters. The van der Waals surface area contributed by atoms with Crippen molar-refractivity contribution in [3.8, 4) is 11.5 Å². The molecule has 25 heavy (non-hydrogen) atoms. The first kappa shape index (κ1) is 19.2. The molecule has 0 aromatic heterocycles. The fraction of sp³-hybridized carbons (Fsp3) is 0.550. The number of ether oxygens (including phenoxy) is 2. The van der Waals surface area contributed by atoms with E-state index in [0.29, 0.717) is 19.0 Å². The molecule has 2 rings (SSSR count). The molecule has 138 valence electrons. The maximum Gasteiger partial charge on any atom is 0.188 e. The second kappa shape index (κ2) is 8.79. The summed E-state index contributed by atoms with van der Waals surface area (Å²) in [7, 11) is 3.33. The van der Waals surface area contributed by atoms with Gasteiger partial charge in [-0.3, -0.25) is 4.99 Å². The van der Waals surface area contributed by atoms with Crippen molar-refractivity contribution in [2.24, 2.45) is 10.7 Å². The number of hydrogen-bond acceptors (Lipinski definition) is 3. The van der Waals surface area contributed by atoms with Crippen LogP contribution >= 0.6 is 0 Å². The summed E-state index contributed by atoms with van der Waals surface area (Å²) >= 11 is 0. The van der Waals surface area contributed by atoms with E-state index in [-0.39, 0.29) is 5.41 Å². The Labute approximate surface area is 151 Å². The lowest BCUT2D eigenvalue weighted by molar-refractivity contribution is 0.298. The van der Waals surface area contributed by atoms with Gasteiger partial charge < -0.3 is 20.5 Å². The first-order valence-corrected chi connectivity index (χ1v) is 8.91. The predicted octanol–water partition coefficient (Wildman–Crippen LogP) is 3.39. The highest BCUT2D eigenvalue weighted by atomic mass is 16.5. The van der Waals surface area contributed by atoms with E-state index in [1.54, 1.807) is 14.2 Å². The quantitative estimate of drug-likeness (QED) is 0.451. The molecule has 0 saturated heterocycles. The van der Waals surface area contributed by atoms with Crippen molar-refractivity contribution in [2.75, 3.05) is 27.3 Å². The van der Waals surface area contributed by atoms with Crippen LogP contribution < -0.4 is 20.5 Å². The lowest BCUT2D eigenvalue weighted by Gasteiger charge is -2.37. The summed E-state index contributed by atoms with van der Waals surface area (Å²) in [6.45, 7) is 7.17. The van der Waals surface area contributed by atoms with Crippen molar-refractivity contribution in [3.63, 3.8) is 0 Å². The first-order valence-electron chi connectivity index (χ1n) is 8.91. The maximum atomic E-state index is 6.03. The molecule has 0 bridgehead atoms. The van der Waals surface area contributed by atoms with Crippen LogP contribution in [0.5, 0.6) is 11.5 Å². The van der Waals surface area contributed by atoms with Crippen LogP contribution in [0.1, 0.15) is 44.6 Å². The van der Waals surface area contributed by atoms with Gasteiger partial charge in [-0.15, -0.1) is 0 Å². The van der Waals surface area contributed by atoms with E-state index in [9.17, 15) is 0 Å². The highest BCUT2D eigenvalue weighted by Crippen LogP contribution is 2.42. The number of nitrogens with one attached hydrogen (secondary N) is 1. The summed E-state index contributed by atoms with van der Waals surface area (Å²) in [5, 5.41) is 3.11. The van der Waals surface area contributed by atoms with E-state index in [2.05, 4.69) is 29.0 Å². The van der Waals surface area contributed by atoms with Crippen molar-refractivity contribution >= 4 is 5.96 Å². The van der Waals surface area contributed by atoms with Gasteiger partial charge in [-0.1, -0.05) is 37.5 Å². The Kier molecular flexibility index (Phi) is 6.73. The SMILES string of the molecule is C=C(C)CNC(N)=NCC1(c2ccc(OC)c(OC)c2)CCCCC1. The van der Waals surface area contributed by atoms with Crippen LogP contribution in [-0.2, 0) is 5.41 Å². The lowest BCUT2D eigenvalue weighted by atomic mass is 9.69. The fourth-order valence-electron chi connectivity index (χ4n) is 3.47. The lowest BCUT2D eigenvalue weighted by Crippen LogP contribution is -2.37. The van der Waals surface area contributed by atoms with Gasteiger partial charge in [0.05, 0.1) is 20.8 Å². The molecule has 1 fully saturated rings. The van der Waals surface area contributed by atoms with Gasteiger partial charge in [-0.2, -0.15) is 0 Å². The molecule has 0 heterocycles. The Morgan fingerprint density at radius 1 is 1.20 bits per heavy atom. The van der Waals surface area contributed by atoms with Gasteiger partial charge in [0.25, 0.3) is 0 Å². The van der Waals surface area contributed by atoms with Gasteiger partial charge in [-0.05, 0) is 37.5 Å². The number of aliphatic imine (C=N–C) groups is 1. The summed E-state index contributed by atoms with van der Waals surface area (Å²) in [5.41, 5.74) is 8.32. The molecule has 5 nitrogen and oxygen atoms in total. The number of guanidine groups is 1. The van der Waals surface area contributed by atoms with Gasteiger partial charge in [0.15, 0.2) is 17.5 Å². The summed E-state index contributed by atoms with van der Waals surface area (Å²) in [6, 6.07) is 6.22. The molecule has 0 unspecified atom stereocenters. The zero-order chi connectivity index (χ0) is 18.3. The van der Waals surface area contributed by atoms with E-state index in [0.717, 1.165) is 29.9 Å². The Bertz CT molecular complexity index is 619. The van der Waals surface area contributed by atoms with Crippen molar-refractivity contribution in [3.05, 3.63) is 35.9 Å². The zero-order valence-corrected chi connectivity index (χ0v) is 15.7. The minimum Gasteiger partial charge on any atom is -0.493 e. The Morgan fingerprint density at radius 2 is 1.88 bits per heavy atom. The molecule has 0 aliphatic heterocycles. The third-order valence-corrected chi connectivity index (χ3v) is 4.93. The number of benzene rings is 1. The molecule has 3 N–H and O–H groups in total. The number of hydrogen-bond donors (Lipinski definition) is 2. The Morgan fingerprint density at radius 3 is 2.48 bits per heavy atom. The molecule has 0 spiro atoms. The van der Waals surface area contributed by atoms with E-state index < -0.39 is 0 Å². The van der Waals surface area contributed by atoms with E-state index >= 15 is 0 Å². The van der Waals surface area contributed by atoms with Crippen LogP contribution in [0.15, 0.2) is 35.3 Å². The fourth-order valence-corrected chi connectivity index (χ4v) is 3.47. The molecule has 0 radical (unpaired) electrons. The number of nitrogens with zero attached hydrogens (tertiary/aromatic N) is 1. The number of nitrogens with two attached hydrogens (primary N) is 1. The highest BCUT2D eigenvalue weighted by molar-refractivity contribution is 5.78. The maximum absolute atomic E-state index is 6.03. The second-order valence-electron chi connectivity index (χ2n) is 6.92. The van der Waals surface area contributed by atoms with Crippen molar-refractivity contribution < 1.29 is 9.47 Å². The molecule has 1 aliphatic carbocycles. The van der Waals surface area contributed by atoms with Crippen LogP contribution in [-0.4, -0.2) is 33.3 Å². The minimum atomic E-state index is 0.00727. The third-order valence-electron chi connectivity index (χ3n) is 4.93. The third kappa shape index (κ3) is 4.91. The van der Waals surface area contributed by atoms with Gasteiger partial charge >= 0.3 is 0 Å². The molecular weight excluding hydrogens is 314 g/mol. The van der Waals surface area contributed by atoms with Gasteiger partial charge in [0, 0.05) is 12.0 Å². The van der Waals surface area contributed by atoms with Crippen LogP contribution in [0.4, 0.5) is 0 Å². The van der Waals surface area contributed by atoms with Crippen molar-refractivity contribution in [1.82, 2.24) is 5.32 Å². The monoisotopic (exact) mass is 345 g/mol. The Hall–Kier alpha value is -2.17. The predicted molar refractivity (Wildman–Crippen MR) is 104 cm³/mol. The first-order chi connectivity index (χ1) is 12.0. The largest absolute Gasteiger partial charge is 0.493 e. The normalized spacial score (nSPS) is 17.0. The molecule has 0 amide bonds. The molecule has 1 aromatic rings. The molecule has 5 heteroatoms. The summed E-state index contributed by atoms with van der Waals surface area (Å²) < 4.78 is 10.9. The minimum absolute atomic E-state index is 0.00727. The van der Waals surface area contributed by atoms with Crippen molar-refractivity contribution in [2.45, 2.75) is 44.4 Å². The standard InChI is InChI=1S/C20H31N3O2/c1-15(2)13-22-19(21)23-14-20(10-6-5-7-11-20)16-8-9-17(24-3)18(12-16)25-4/h8-9,12H,1,5-7,10-11,13-14H2,2-4H3,(H3,21,22,23). The summed E-state index contributed by atoms with van der Waals surface area (Å²) in [4.78, 5) is 4.64. The number of rotatable bonds is 7. The van der Waals surface area contributed by atoms with Crippen LogP contribution in [0.25, 0.3) is 0 Å². The molecule has 1 aliphatic rings. The van der Waals surface area contributed by atoms with E-state index in [1.165, 1.54) is 24.8 Å². The summed E-state index contributed by atoms with van der Waals surface area (Å²) in [6.07, 6.45) is 5.92. The number of methoxy groups -OCH3 is 2. The smallest absolute Gasteiger partial charge is 0.188 e. The van der Waals surface area contributed by atoms with Gasteiger partial charge in [0.1, 0.15) is 0 Å². The van der Waals surface area contributed by atoms with E-state index in [1.807, 2.05) is 13.0 Å². The topological polar surface area (TPSA) is 68.9 Å².